The zero-order valence-corrected chi connectivity index (χ0v) is 23.1. The van der Waals surface area contributed by atoms with Crippen LogP contribution < -0.4 is 10.7 Å². The van der Waals surface area contributed by atoms with Gasteiger partial charge < -0.3 is 8.99 Å². The van der Waals surface area contributed by atoms with E-state index in [2.05, 4.69) is 93.7 Å². The van der Waals surface area contributed by atoms with Crippen molar-refractivity contribution in [1.82, 2.24) is 4.57 Å². The van der Waals surface area contributed by atoms with Crippen LogP contribution in [0.1, 0.15) is 32.4 Å². The number of hydrogen-bond donors (Lipinski definition) is 0. The highest BCUT2D eigenvalue weighted by Crippen LogP contribution is 2.37. The summed E-state index contributed by atoms with van der Waals surface area (Å²) in [6, 6.07) is 10.1. The Morgan fingerprint density at radius 2 is 1.66 bits per heavy atom. The second-order valence-electron chi connectivity index (χ2n) is 10.2. The van der Waals surface area contributed by atoms with Crippen LogP contribution in [0.25, 0.3) is 0 Å². The molecule has 160 valence electrons. The molecule has 2 rings (SSSR count). The zero-order chi connectivity index (χ0) is 22.2. The van der Waals surface area contributed by atoms with E-state index in [1.54, 1.807) is 16.8 Å². The fraction of sp³-hybridized carbons (Fsp3) is 0.500. The summed E-state index contributed by atoms with van der Waals surface area (Å²) in [6.45, 7) is 18.6. The van der Waals surface area contributed by atoms with E-state index in [4.69, 9.17) is 16.0 Å². The van der Waals surface area contributed by atoms with E-state index >= 15 is 0 Å². The summed E-state index contributed by atoms with van der Waals surface area (Å²) in [4.78, 5) is 12.9. The fourth-order valence-corrected chi connectivity index (χ4v) is 5.78. The molecule has 29 heavy (non-hydrogen) atoms. The standard InChI is InChI=1S/C22H33BrClNO2Si2/c1-22(2,3)29(7,8)27-15-20(25-14-17(24)13-19(23)21(25)26)16-9-11-18(12-10-16)28(4,5)6/h9-14,20H,15H2,1-8H3. The van der Waals surface area contributed by atoms with Crippen LogP contribution in [0.5, 0.6) is 0 Å². The predicted molar refractivity (Wildman–Crippen MR) is 134 cm³/mol. The van der Waals surface area contributed by atoms with Crippen molar-refractivity contribution in [3.05, 3.63) is 61.9 Å². The first-order chi connectivity index (χ1) is 13.1. The van der Waals surface area contributed by atoms with Gasteiger partial charge in [0, 0.05) is 6.20 Å². The lowest BCUT2D eigenvalue weighted by Gasteiger charge is -2.37. The Morgan fingerprint density at radius 1 is 1.10 bits per heavy atom. The molecule has 0 fully saturated rings. The summed E-state index contributed by atoms with van der Waals surface area (Å²) >= 11 is 9.64. The molecule has 0 radical (unpaired) electrons. The van der Waals surface area contributed by atoms with Gasteiger partial charge in [-0.15, -0.1) is 0 Å². The van der Waals surface area contributed by atoms with Gasteiger partial charge in [-0.05, 0) is 45.7 Å². The summed E-state index contributed by atoms with van der Waals surface area (Å²) in [7, 11) is -3.37. The minimum absolute atomic E-state index is 0.0963. The van der Waals surface area contributed by atoms with Gasteiger partial charge in [-0.2, -0.15) is 0 Å². The molecule has 0 spiro atoms. The van der Waals surface area contributed by atoms with Gasteiger partial charge in [0.15, 0.2) is 8.32 Å². The highest BCUT2D eigenvalue weighted by molar-refractivity contribution is 9.10. The lowest BCUT2D eigenvalue weighted by atomic mass is 10.1. The van der Waals surface area contributed by atoms with Crippen molar-refractivity contribution < 1.29 is 4.43 Å². The molecule has 3 nitrogen and oxygen atoms in total. The van der Waals surface area contributed by atoms with Crippen molar-refractivity contribution in [1.29, 1.82) is 0 Å². The molecule has 7 heteroatoms. The molecular formula is C22H33BrClNO2Si2. The Bertz CT molecular complexity index is 912. The topological polar surface area (TPSA) is 31.2 Å². The molecule has 0 saturated heterocycles. The highest BCUT2D eigenvalue weighted by Gasteiger charge is 2.38. The maximum atomic E-state index is 12.9. The molecule has 0 aliphatic rings. The van der Waals surface area contributed by atoms with Gasteiger partial charge >= 0.3 is 0 Å². The molecule has 2 aromatic rings. The molecule has 1 unspecified atom stereocenters. The van der Waals surface area contributed by atoms with Gasteiger partial charge in [0.2, 0.25) is 0 Å². The number of benzene rings is 1. The summed E-state index contributed by atoms with van der Waals surface area (Å²) in [5, 5.41) is 2.01. The maximum Gasteiger partial charge on any atom is 0.265 e. The Hall–Kier alpha value is -0.666. The first kappa shape index (κ1) is 24.6. The van der Waals surface area contributed by atoms with E-state index in [0.717, 1.165) is 5.56 Å². The second-order valence-corrected chi connectivity index (χ2v) is 21.4. The first-order valence-corrected chi connectivity index (χ1v) is 17.5. The van der Waals surface area contributed by atoms with Crippen LogP contribution in [0, 0.1) is 0 Å². The van der Waals surface area contributed by atoms with E-state index in [9.17, 15) is 4.79 Å². The predicted octanol–water partition coefficient (Wildman–Crippen LogP) is 6.42. The molecule has 0 saturated carbocycles. The SMILES string of the molecule is CC(C)(C)[Si](C)(C)OCC(c1ccc([Si](C)(C)C)cc1)n1cc(Cl)cc(Br)c1=O. The van der Waals surface area contributed by atoms with Crippen LogP contribution in [-0.2, 0) is 4.43 Å². The van der Waals surface area contributed by atoms with Crippen LogP contribution in [0.15, 0.2) is 45.8 Å². The molecule has 1 atom stereocenters. The van der Waals surface area contributed by atoms with Crippen molar-refractivity contribution in [2.75, 3.05) is 6.61 Å². The van der Waals surface area contributed by atoms with E-state index in [1.165, 1.54) is 5.19 Å². The third-order valence-corrected chi connectivity index (χ3v) is 13.2. The van der Waals surface area contributed by atoms with Crippen molar-refractivity contribution in [3.63, 3.8) is 0 Å². The Labute approximate surface area is 190 Å². The van der Waals surface area contributed by atoms with Crippen LogP contribution in [0.4, 0.5) is 0 Å². The van der Waals surface area contributed by atoms with Crippen LogP contribution in [-0.4, -0.2) is 27.6 Å². The monoisotopic (exact) mass is 513 g/mol. The van der Waals surface area contributed by atoms with Crippen molar-refractivity contribution in [3.8, 4) is 0 Å². The largest absolute Gasteiger partial charge is 0.414 e. The minimum Gasteiger partial charge on any atom is -0.414 e. The molecule has 0 bridgehead atoms. The number of nitrogens with zero attached hydrogens (tertiary/aromatic N) is 1. The second kappa shape index (κ2) is 8.83. The number of hydrogen-bond acceptors (Lipinski definition) is 2. The van der Waals surface area contributed by atoms with Gasteiger partial charge in [0.1, 0.15) is 0 Å². The molecule has 0 aliphatic carbocycles. The molecule has 0 amide bonds. The molecule has 1 heterocycles. The summed E-state index contributed by atoms with van der Waals surface area (Å²) in [6.07, 6.45) is 1.71. The van der Waals surface area contributed by atoms with E-state index in [0.29, 0.717) is 16.1 Å². The molecule has 0 N–H and O–H groups in total. The summed E-state index contributed by atoms with van der Waals surface area (Å²) < 4.78 is 8.68. The van der Waals surface area contributed by atoms with Crippen molar-refractivity contribution in [2.24, 2.45) is 0 Å². The Balaban J connectivity index is 2.51. The van der Waals surface area contributed by atoms with E-state index < -0.39 is 16.4 Å². The summed E-state index contributed by atoms with van der Waals surface area (Å²) in [5.41, 5.74) is 0.953. The molecular weight excluding hydrogens is 482 g/mol. The van der Waals surface area contributed by atoms with Crippen molar-refractivity contribution >= 4 is 49.1 Å². The number of halogens is 2. The average molecular weight is 515 g/mol. The lowest BCUT2D eigenvalue weighted by Crippen LogP contribution is -2.43. The van der Waals surface area contributed by atoms with Crippen LogP contribution in [0.2, 0.25) is 42.8 Å². The maximum absolute atomic E-state index is 12.9. The zero-order valence-electron chi connectivity index (χ0n) is 18.8. The Kier molecular flexibility index (Phi) is 7.49. The fourth-order valence-electron chi connectivity index (χ4n) is 2.81. The summed E-state index contributed by atoms with van der Waals surface area (Å²) in [5.74, 6) is 0. The van der Waals surface area contributed by atoms with Crippen molar-refractivity contribution in [2.45, 2.75) is 64.6 Å². The molecule has 0 aliphatic heterocycles. The van der Waals surface area contributed by atoms with Crippen LogP contribution >= 0.6 is 27.5 Å². The smallest absolute Gasteiger partial charge is 0.265 e. The normalized spacial score (nSPS) is 14.1. The number of aromatic nitrogens is 1. The Morgan fingerprint density at radius 3 is 2.14 bits per heavy atom. The average Bonchev–Trinajstić information content (AvgIpc) is 2.57. The minimum atomic E-state index is -1.97. The highest BCUT2D eigenvalue weighted by atomic mass is 79.9. The number of rotatable bonds is 6. The number of pyridine rings is 1. The molecule has 1 aromatic carbocycles. The van der Waals surface area contributed by atoms with E-state index in [-0.39, 0.29) is 16.6 Å². The third-order valence-electron chi connectivity index (χ3n) is 5.87. The van der Waals surface area contributed by atoms with Gasteiger partial charge in [-0.3, -0.25) is 4.79 Å². The quantitative estimate of drug-likeness (QED) is 0.416. The van der Waals surface area contributed by atoms with Crippen LogP contribution in [0.3, 0.4) is 0 Å². The lowest BCUT2D eigenvalue weighted by molar-refractivity contribution is 0.246. The van der Waals surface area contributed by atoms with Gasteiger partial charge in [0.05, 0.1) is 30.2 Å². The van der Waals surface area contributed by atoms with Gasteiger partial charge in [-0.1, -0.05) is 81.5 Å². The van der Waals surface area contributed by atoms with Gasteiger partial charge in [0.25, 0.3) is 5.56 Å². The third kappa shape index (κ3) is 5.94. The first-order valence-electron chi connectivity index (χ1n) is 9.95. The van der Waals surface area contributed by atoms with Gasteiger partial charge in [-0.25, -0.2) is 0 Å². The molecule has 1 aromatic heterocycles. The van der Waals surface area contributed by atoms with E-state index in [1.807, 2.05) is 0 Å².